The average molecular weight is 961 g/mol. The molecule has 0 heterocycles. The summed E-state index contributed by atoms with van der Waals surface area (Å²) in [5.74, 6) is -2.70. The predicted octanol–water partition coefficient (Wildman–Crippen LogP) is 17.7. The van der Waals surface area contributed by atoms with Crippen molar-refractivity contribution < 1.29 is 17.6 Å². The zero-order valence-electron chi connectivity index (χ0n) is 41.4. The van der Waals surface area contributed by atoms with Gasteiger partial charge < -0.3 is 9.80 Å². The van der Waals surface area contributed by atoms with Gasteiger partial charge in [-0.1, -0.05) is 147 Å². The molecule has 8 heteroatoms. The molecule has 0 aliphatic carbocycles. The first kappa shape index (κ1) is 46.7. The van der Waals surface area contributed by atoms with Crippen molar-refractivity contribution in [3.8, 4) is 22.3 Å². The van der Waals surface area contributed by atoms with Crippen LogP contribution in [0.3, 0.4) is 0 Å². The predicted molar refractivity (Wildman–Crippen MR) is 295 cm³/mol. The lowest BCUT2D eigenvalue weighted by molar-refractivity contribution is 0.584. The van der Waals surface area contributed by atoms with Gasteiger partial charge in [0.2, 0.25) is 0 Å². The number of hydrogen-bond acceptors (Lipinski definition) is 2. The summed E-state index contributed by atoms with van der Waals surface area (Å²) >= 11 is 0. The molecule has 10 aromatic rings. The minimum absolute atomic E-state index is 0.236. The number of anilines is 6. The molecule has 0 bridgehead atoms. The zero-order valence-corrected chi connectivity index (χ0v) is 43.4. The molecule has 0 saturated carbocycles. The second-order valence-corrected chi connectivity index (χ2v) is 31.2. The highest BCUT2D eigenvalue weighted by atomic mass is 28.3. The lowest BCUT2D eigenvalue weighted by atomic mass is 9.91. The van der Waals surface area contributed by atoms with Gasteiger partial charge in [0, 0.05) is 45.4 Å². The lowest BCUT2D eigenvalue weighted by Crippen LogP contribution is -2.37. The first-order valence-electron chi connectivity index (χ1n) is 23.9. The summed E-state index contributed by atoms with van der Waals surface area (Å²) in [4.78, 5) is 3.88. The number of benzene rings is 10. The Hall–Kier alpha value is -7.01. The van der Waals surface area contributed by atoms with E-state index in [1.807, 2.05) is 110 Å². The van der Waals surface area contributed by atoms with Crippen LogP contribution in [0.25, 0.3) is 54.6 Å². The van der Waals surface area contributed by atoms with Gasteiger partial charge >= 0.3 is 0 Å². The van der Waals surface area contributed by atoms with Gasteiger partial charge in [0.05, 0.1) is 38.9 Å². The number of halogens is 4. The Balaban J connectivity index is 1.27. The van der Waals surface area contributed by atoms with Crippen molar-refractivity contribution in [1.29, 1.82) is 0 Å². The second kappa shape index (κ2) is 17.4. The molecule has 350 valence electrons. The third kappa shape index (κ3) is 8.26. The fraction of sp³-hybridized carbons (Fsp3) is 0.161. The Morgan fingerprint density at radius 3 is 1.06 bits per heavy atom. The summed E-state index contributed by atoms with van der Waals surface area (Å²) in [6, 6.07) is 49.9. The van der Waals surface area contributed by atoms with Crippen LogP contribution in [0.5, 0.6) is 0 Å². The standard InChI is InChI=1S/C62H56F4N2Si2/c1-37-11-13-43(31-39(37)3)53-33-45(63)35-55(65)61(53)67(47-19-23-49(24-20-47)69(5,6)7)57-29-17-41-16-28-52-58(30-18-42-15-27-51(57)59(41)60(42)52)68(48-21-25-50(26-22-48)70(8,9)10)62-54(34-46(64)36-56(62)66)44-14-12-38(2)40(4)32-44/h11-36H,1-10H3. The van der Waals surface area contributed by atoms with Gasteiger partial charge in [-0.25, -0.2) is 17.6 Å². The van der Waals surface area contributed by atoms with E-state index in [4.69, 9.17) is 0 Å². The fourth-order valence-corrected chi connectivity index (χ4v) is 12.3. The van der Waals surface area contributed by atoms with E-state index in [9.17, 15) is 0 Å². The summed E-state index contributed by atoms with van der Waals surface area (Å²) in [5, 5.41) is 8.03. The Bertz CT molecular complexity index is 3420. The fourth-order valence-electron chi connectivity index (χ4n) is 10.0. The van der Waals surface area contributed by atoms with Crippen molar-refractivity contribution in [2.75, 3.05) is 9.80 Å². The highest BCUT2D eigenvalue weighted by Crippen LogP contribution is 2.51. The van der Waals surface area contributed by atoms with Crippen LogP contribution in [0, 0.1) is 51.0 Å². The SMILES string of the molecule is Cc1ccc(-c2cc(F)cc(F)c2N(c2ccc([Si](C)(C)C)cc2)c2ccc3ccc4c(N(c5ccc([Si](C)(C)C)cc5)c5c(F)cc(F)cc5-c5ccc(C)c(C)c5)ccc5ccc2c3c54)cc1C. The van der Waals surface area contributed by atoms with Crippen molar-refractivity contribution in [3.05, 3.63) is 203 Å². The van der Waals surface area contributed by atoms with E-state index in [0.717, 1.165) is 78.1 Å². The first-order valence-corrected chi connectivity index (χ1v) is 30.9. The van der Waals surface area contributed by atoms with E-state index in [1.54, 1.807) is 0 Å². The average Bonchev–Trinajstić information content (AvgIpc) is 3.31. The summed E-state index contributed by atoms with van der Waals surface area (Å²) in [5.41, 5.74) is 9.81. The van der Waals surface area contributed by atoms with Crippen LogP contribution in [0.2, 0.25) is 39.3 Å². The summed E-state index contributed by atoms with van der Waals surface area (Å²) in [6.45, 7) is 21.8. The second-order valence-electron chi connectivity index (χ2n) is 21.0. The van der Waals surface area contributed by atoms with Crippen LogP contribution in [-0.4, -0.2) is 16.1 Å². The molecular formula is C62H56F4N2Si2. The van der Waals surface area contributed by atoms with Crippen LogP contribution in [0.4, 0.5) is 51.7 Å². The van der Waals surface area contributed by atoms with Crippen molar-refractivity contribution in [1.82, 2.24) is 0 Å². The molecule has 10 aromatic carbocycles. The molecule has 0 fully saturated rings. The molecule has 10 rings (SSSR count). The third-order valence-corrected chi connectivity index (χ3v) is 18.4. The maximum absolute atomic E-state index is 17.1. The van der Waals surface area contributed by atoms with E-state index in [2.05, 4.69) is 99.9 Å². The highest BCUT2D eigenvalue weighted by molar-refractivity contribution is 6.89. The van der Waals surface area contributed by atoms with Gasteiger partial charge in [0.1, 0.15) is 11.6 Å². The highest BCUT2D eigenvalue weighted by Gasteiger charge is 2.29. The smallest absolute Gasteiger partial charge is 0.150 e. The molecule has 0 spiro atoms. The molecule has 0 atom stereocenters. The summed E-state index contributed by atoms with van der Waals surface area (Å²) < 4.78 is 65.4. The van der Waals surface area contributed by atoms with Gasteiger partial charge in [-0.2, -0.15) is 0 Å². The van der Waals surface area contributed by atoms with E-state index in [-0.39, 0.29) is 11.4 Å². The molecule has 70 heavy (non-hydrogen) atoms. The van der Waals surface area contributed by atoms with Gasteiger partial charge in [0.15, 0.2) is 11.6 Å². The summed E-state index contributed by atoms with van der Waals surface area (Å²) in [6.07, 6.45) is 0. The maximum Gasteiger partial charge on any atom is 0.150 e. The molecule has 0 aliphatic heterocycles. The zero-order chi connectivity index (χ0) is 49.6. The first-order chi connectivity index (χ1) is 33.3. The van der Waals surface area contributed by atoms with Gasteiger partial charge in [-0.3, -0.25) is 0 Å². The van der Waals surface area contributed by atoms with Crippen molar-refractivity contribution in [2.45, 2.75) is 67.0 Å². The molecule has 0 aromatic heterocycles. The van der Waals surface area contributed by atoms with E-state index < -0.39 is 39.4 Å². The van der Waals surface area contributed by atoms with E-state index >= 15 is 17.6 Å². The van der Waals surface area contributed by atoms with Crippen molar-refractivity contribution in [3.63, 3.8) is 0 Å². The van der Waals surface area contributed by atoms with E-state index in [1.165, 1.54) is 22.5 Å². The van der Waals surface area contributed by atoms with Crippen molar-refractivity contribution in [2.24, 2.45) is 0 Å². The summed E-state index contributed by atoms with van der Waals surface area (Å²) in [7, 11) is -3.46. The van der Waals surface area contributed by atoms with Crippen LogP contribution in [0.15, 0.2) is 158 Å². The quantitative estimate of drug-likeness (QED) is 0.0766. The largest absolute Gasteiger partial charge is 0.307 e. The lowest BCUT2D eigenvalue weighted by Gasteiger charge is -2.32. The minimum atomic E-state index is -1.73. The van der Waals surface area contributed by atoms with Crippen LogP contribution >= 0.6 is 0 Å². The molecule has 0 aliphatic rings. The van der Waals surface area contributed by atoms with Gasteiger partial charge in [0.25, 0.3) is 0 Å². The van der Waals surface area contributed by atoms with Crippen LogP contribution < -0.4 is 20.2 Å². The Morgan fingerprint density at radius 2 is 0.714 bits per heavy atom. The van der Waals surface area contributed by atoms with Crippen LogP contribution in [-0.2, 0) is 0 Å². The Morgan fingerprint density at radius 1 is 0.357 bits per heavy atom. The molecular weight excluding hydrogens is 905 g/mol. The van der Waals surface area contributed by atoms with E-state index in [0.29, 0.717) is 33.6 Å². The molecule has 0 radical (unpaired) electrons. The maximum atomic E-state index is 17.1. The molecule has 0 N–H and O–H groups in total. The van der Waals surface area contributed by atoms with Gasteiger partial charge in [-0.15, -0.1) is 0 Å². The normalized spacial score (nSPS) is 12.1. The minimum Gasteiger partial charge on any atom is -0.307 e. The van der Waals surface area contributed by atoms with Gasteiger partial charge in [-0.05, 0) is 131 Å². The molecule has 2 nitrogen and oxygen atoms in total. The van der Waals surface area contributed by atoms with Crippen LogP contribution in [0.1, 0.15) is 22.3 Å². The molecule has 0 saturated heterocycles. The Kier molecular flexibility index (Phi) is 11.6. The van der Waals surface area contributed by atoms with Crippen molar-refractivity contribution >= 4 is 93.0 Å². The molecule has 0 amide bonds. The molecule has 0 unspecified atom stereocenters. The number of hydrogen-bond donors (Lipinski definition) is 0. The Labute approximate surface area is 410 Å². The third-order valence-electron chi connectivity index (χ3n) is 14.2. The number of aryl methyl sites for hydroxylation is 4. The number of nitrogens with zero attached hydrogens (tertiary/aromatic N) is 2. The topological polar surface area (TPSA) is 6.48 Å². The monoisotopic (exact) mass is 960 g/mol. The number of rotatable bonds is 10.